The van der Waals surface area contributed by atoms with Gasteiger partial charge in [0.2, 0.25) is 5.91 Å². The number of aryl methyl sites for hydroxylation is 2. The first-order chi connectivity index (χ1) is 14.6. The van der Waals surface area contributed by atoms with Gasteiger partial charge in [-0.2, -0.15) is 5.10 Å². The number of hydrogen-bond acceptors (Lipinski definition) is 5. The fourth-order valence-corrected chi connectivity index (χ4v) is 4.63. The van der Waals surface area contributed by atoms with Crippen molar-refractivity contribution in [1.29, 1.82) is 0 Å². The Bertz CT molecular complexity index is 1070. The minimum absolute atomic E-state index is 0.0117. The van der Waals surface area contributed by atoms with E-state index in [0.29, 0.717) is 12.4 Å². The number of anilines is 2. The van der Waals surface area contributed by atoms with Crippen molar-refractivity contribution < 1.29 is 4.79 Å². The van der Waals surface area contributed by atoms with Crippen LogP contribution >= 0.6 is 0 Å². The van der Waals surface area contributed by atoms with Gasteiger partial charge in [-0.3, -0.25) is 4.79 Å². The van der Waals surface area contributed by atoms with Crippen molar-refractivity contribution in [3.63, 3.8) is 0 Å². The first kappa shape index (κ1) is 18.8. The maximum absolute atomic E-state index is 13.3. The zero-order valence-corrected chi connectivity index (χ0v) is 17.5. The molecule has 7 heteroatoms. The number of rotatable bonds is 3. The van der Waals surface area contributed by atoms with Crippen LogP contribution in [-0.2, 0) is 11.2 Å². The molecule has 30 heavy (non-hydrogen) atoms. The van der Waals surface area contributed by atoms with E-state index in [4.69, 9.17) is 0 Å². The van der Waals surface area contributed by atoms with E-state index in [0.717, 1.165) is 55.2 Å². The molecule has 1 aromatic carbocycles. The maximum Gasteiger partial charge on any atom is 0.231 e. The van der Waals surface area contributed by atoms with Crippen LogP contribution < -0.4 is 9.80 Å². The molecule has 1 unspecified atom stereocenters. The summed E-state index contributed by atoms with van der Waals surface area (Å²) in [6.07, 6.45) is 2.84. The zero-order valence-electron chi connectivity index (χ0n) is 17.5. The van der Waals surface area contributed by atoms with Gasteiger partial charge in [-0.25, -0.2) is 4.68 Å². The summed E-state index contributed by atoms with van der Waals surface area (Å²) in [5.41, 5.74) is 4.33. The third-order valence-corrected chi connectivity index (χ3v) is 6.11. The van der Waals surface area contributed by atoms with E-state index in [2.05, 4.69) is 32.3 Å². The molecule has 4 heterocycles. The smallest absolute Gasteiger partial charge is 0.231 e. The number of fused-ring (bicyclic) bond motifs is 1. The summed E-state index contributed by atoms with van der Waals surface area (Å²) >= 11 is 0. The molecular formula is C23H26N6O. The lowest BCUT2D eigenvalue weighted by molar-refractivity contribution is -0.122. The van der Waals surface area contributed by atoms with Crippen LogP contribution in [0.3, 0.4) is 0 Å². The number of carbonyl (C=O) groups excluding carboxylic acids is 1. The molecule has 0 saturated carbocycles. The summed E-state index contributed by atoms with van der Waals surface area (Å²) in [7, 11) is 0. The van der Waals surface area contributed by atoms with E-state index in [-0.39, 0.29) is 11.8 Å². The molecule has 2 aliphatic heterocycles. The molecule has 154 valence electrons. The predicted molar refractivity (Wildman–Crippen MR) is 116 cm³/mol. The Balaban J connectivity index is 1.31. The molecule has 3 aromatic rings. The van der Waals surface area contributed by atoms with Crippen LogP contribution in [0.25, 0.3) is 5.82 Å². The van der Waals surface area contributed by atoms with Crippen molar-refractivity contribution in [1.82, 2.24) is 20.0 Å². The molecule has 1 saturated heterocycles. The Morgan fingerprint density at radius 1 is 1.03 bits per heavy atom. The number of nitrogens with zero attached hydrogens (tertiary/aromatic N) is 6. The third kappa shape index (κ3) is 3.34. The van der Waals surface area contributed by atoms with Gasteiger partial charge in [-0.05, 0) is 62.9 Å². The summed E-state index contributed by atoms with van der Waals surface area (Å²) in [6, 6.07) is 14.2. The van der Waals surface area contributed by atoms with Crippen molar-refractivity contribution in [2.24, 2.45) is 5.92 Å². The average molecular weight is 403 g/mol. The van der Waals surface area contributed by atoms with Crippen LogP contribution in [0.5, 0.6) is 0 Å². The second kappa shape index (κ2) is 7.55. The van der Waals surface area contributed by atoms with E-state index in [1.54, 1.807) is 4.68 Å². The number of amides is 1. The van der Waals surface area contributed by atoms with Crippen LogP contribution in [0, 0.1) is 19.8 Å². The molecule has 0 aliphatic carbocycles. The van der Waals surface area contributed by atoms with Crippen molar-refractivity contribution in [2.75, 3.05) is 29.4 Å². The molecule has 0 spiro atoms. The molecule has 1 amide bonds. The largest absolute Gasteiger partial charge is 0.354 e. The quantitative estimate of drug-likeness (QED) is 0.674. The van der Waals surface area contributed by atoms with E-state index in [1.165, 1.54) is 5.56 Å². The van der Waals surface area contributed by atoms with Crippen LogP contribution in [0.4, 0.5) is 11.5 Å². The first-order valence-electron chi connectivity index (χ1n) is 10.6. The van der Waals surface area contributed by atoms with Crippen LogP contribution in [0.15, 0.2) is 42.5 Å². The maximum atomic E-state index is 13.3. The number of carbonyl (C=O) groups is 1. The standard InChI is InChI=1S/C23H26N6O/c1-16-14-17(2)29(26-16)22-10-9-21(24-25-22)27-12-5-7-19(15-27)23(30)28-13-11-18-6-3-4-8-20(18)28/h3-4,6,8-10,14,19H,5,7,11-13,15H2,1-2H3. The van der Waals surface area contributed by atoms with Gasteiger partial charge in [0, 0.05) is 31.0 Å². The molecule has 7 nitrogen and oxygen atoms in total. The second-order valence-corrected chi connectivity index (χ2v) is 8.24. The van der Waals surface area contributed by atoms with Gasteiger partial charge in [0.25, 0.3) is 0 Å². The highest BCUT2D eigenvalue weighted by Crippen LogP contribution is 2.31. The highest BCUT2D eigenvalue weighted by atomic mass is 16.2. The topological polar surface area (TPSA) is 67.2 Å². The third-order valence-electron chi connectivity index (χ3n) is 6.11. The Morgan fingerprint density at radius 3 is 2.60 bits per heavy atom. The van der Waals surface area contributed by atoms with Gasteiger partial charge in [0.1, 0.15) is 0 Å². The molecule has 0 radical (unpaired) electrons. The number of benzene rings is 1. The molecule has 2 aromatic heterocycles. The first-order valence-corrected chi connectivity index (χ1v) is 10.6. The van der Waals surface area contributed by atoms with Gasteiger partial charge in [-0.1, -0.05) is 18.2 Å². The Labute approximate surface area is 176 Å². The van der Waals surface area contributed by atoms with E-state index < -0.39 is 0 Å². The van der Waals surface area contributed by atoms with Crippen LogP contribution in [-0.4, -0.2) is 45.5 Å². The highest BCUT2D eigenvalue weighted by molar-refractivity contribution is 5.97. The van der Waals surface area contributed by atoms with Gasteiger partial charge < -0.3 is 9.80 Å². The van der Waals surface area contributed by atoms with E-state index in [9.17, 15) is 4.79 Å². The van der Waals surface area contributed by atoms with Crippen LogP contribution in [0.1, 0.15) is 29.8 Å². The Kier molecular flexibility index (Phi) is 4.73. The van der Waals surface area contributed by atoms with Crippen molar-refractivity contribution in [3.8, 4) is 5.82 Å². The molecule has 5 rings (SSSR count). The lowest BCUT2D eigenvalue weighted by Gasteiger charge is -2.34. The molecule has 1 fully saturated rings. The van der Waals surface area contributed by atoms with Gasteiger partial charge >= 0.3 is 0 Å². The fraction of sp³-hybridized carbons (Fsp3) is 0.391. The zero-order chi connectivity index (χ0) is 20.7. The molecule has 0 bridgehead atoms. The van der Waals surface area contributed by atoms with Gasteiger partial charge in [-0.15, -0.1) is 10.2 Å². The number of aromatic nitrogens is 4. The number of hydrogen-bond donors (Lipinski definition) is 0. The Morgan fingerprint density at radius 2 is 1.83 bits per heavy atom. The number of para-hydroxylation sites is 1. The van der Waals surface area contributed by atoms with Gasteiger partial charge in [0.15, 0.2) is 11.6 Å². The van der Waals surface area contributed by atoms with E-state index >= 15 is 0 Å². The van der Waals surface area contributed by atoms with Gasteiger partial charge in [0.05, 0.1) is 11.6 Å². The normalized spacial score (nSPS) is 18.5. The monoisotopic (exact) mass is 402 g/mol. The van der Waals surface area contributed by atoms with Crippen molar-refractivity contribution >= 4 is 17.4 Å². The van der Waals surface area contributed by atoms with Crippen LogP contribution in [0.2, 0.25) is 0 Å². The minimum Gasteiger partial charge on any atom is -0.354 e. The predicted octanol–water partition coefficient (Wildman–Crippen LogP) is 3.08. The molecule has 0 N–H and O–H groups in total. The Hall–Kier alpha value is -3.22. The average Bonchev–Trinajstić information content (AvgIpc) is 3.36. The lowest BCUT2D eigenvalue weighted by Crippen LogP contribution is -2.45. The van der Waals surface area contributed by atoms with Crippen molar-refractivity contribution in [2.45, 2.75) is 33.1 Å². The summed E-state index contributed by atoms with van der Waals surface area (Å²) in [6.45, 7) is 6.34. The molecule has 1 atom stereocenters. The fourth-order valence-electron chi connectivity index (χ4n) is 4.63. The van der Waals surface area contributed by atoms with E-state index in [1.807, 2.05) is 49.1 Å². The van der Waals surface area contributed by atoms with Crippen molar-refractivity contribution in [3.05, 3.63) is 59.4 Å². The number of piperidine rings is 1. The molecular weight excluding hydrogens is 376 g/mol. The summed E-state index contributed by atoms with van der Waals surface area (Å²) in [5.74, 6) is 1.75. The summed E-state index contributed by atoms with van der Waals surface area (Å²) in [5, 5.41) is 13.3. The minimum atomic E-state index is -0.0117. The summed E-state index contributed by atoms with van der Waals surface area (Å²) in [4.78, 5) is 17.4. The lowest BCUT2D eigenvalue weighted by atomic mass is 9.96. The highest BCUT2D eigenvalue weighted by Gasteiger charge is 2.33. The summed E-state index contributed by atoms with van der Waals surface area (Å²) < 4.78 is 1.81. The second-order valence-electron chi connectivity index (χ2n) is 8.24. The molecule has 2 aliphatic rings. The SMILES string of the molecule is Cc1cc(C)n(-c2ccc(N3CCCC(C(=O)N4CCc5ccccc54)C3)nn2)n1.